The number of hydrogen-bond acceptors (Lipinski definition) is 5. The van der Waals surface area contributed by atoms with Crippen molar-refractivity contribution in [3.05, 3.63) is 90.4 Å². The van der Waals surface area contributed by atoms with E-state index in [0.717, 1.165) is 22.4 Å². The summed E-state index contributed by atoms with van der Waals surface area (Å²) < 4.78 is 1.74. The molecule has 0 aliphatic carbocycles. The molecule has 0 atom stereocenters. The number of nitrogens with zero attached hydrogens (tertiary/aromatic N) is 5. The molecule has 35 heavy (non-hydrogen) atoms. The zero-order valence-electron chi connectivity index (χ0n) is 19.7. The van der Waals surface area contributed by atoms with Crippen LogP contribution < -0.4 is 10.6 Å². The van der Waals surface area contributed by atoms with Gasteiger partial charge in [0.1, 0.15) is 12.0 Å². The number of pyridine rings is 2. The summed E-state index contributed by atoms with van der Waals surface area (Å²) >= 11 is 5.54. The zero-order valence-corrected chi connectivity index (χ0v) is 20.5. The SMILES string of the molecule is Cc1ccc(-n2cnc(-c3ccc4cc(NC(=S)Nc5ccccc5C(C)C)cnc4n3)n2)cc1. The number of para-hydroxylation sites is 1. The van der Waals surface area contributed by atoms with Crippen LogP contribution in [-0.4, -0.2) is 29.8 Å². The minimum atomic E-state index is 0.391. The zero-order chi connectivity index (χ0) is 24.4. The Morgan fingerprint density at radius 1 is 0.943 bits per heavy atom. The lowest BCUT2D eigenvalue weighted by Gasteiger charge is -2.16. The molecule has 0 aliphatic heterocycles. The molecule has 0 saturated carbocycles. The van der Waals surface area contributed by atoms with Crippen LogP contribution in [0.5, 0.6) is 0 Å². The van der Waals surface area contributed by atoms with Gasteiger partial charge in [0.25, 0.3) is 0 Å². The molecular formula is C27H25N7S. The molecule has 3 aromatic heterocycles. The molecular weight excluding hydrogens is 454 g/mol. The maximum Gasteiger partial charge on any atom is 0.200 e. The quantitative estimate of drug-likeness (QED) is 0.294. The van der Waals surface area contributed by atoms with E-state index < -0.39 is 0 Å². The molecule has 0 aliphatic rings. The van der Waals surface area contributed by atoms with E-state index in [9.17, 15) is 0 Å². The summed E-state index contributed by atoms with van der Waals surface area (Å²) in [4.78, 5) is 13.6. The monoisotopic (exact) mass is 479 g/mol. The molecule has 0 radical (unpaired) electrons. The highest BCUT2D eigenvalue weighted by atomic mass is 32.1. The van der Waals surface area contributed by atoms with Gasteiger partial charge < -0.3 is 10.6 Å². The van der Waals surface area contributed by atoms with Gasteiger partial charge >= 0.3 is 0 Å². The topological polar surface area (TPSA) is 80.5 Å². The van der Waals surface area contributed by atoms with Crippen molar-refractivity contribution in [3.63, 3.8) is 0 Å². The van der Waals surface area contributed by atoms with Crippen molar-refractivity contribution in [2.24, 2.45) is 0 Å². The Hall–Kier alpha value is -4.17. The minimum absolute atomic E-state index is 0.391. The van der Waals surface area contributed by atoms with Crippen LogP contribution in [0.25, 0.3) is 28.2 Å². The van der Waals surface area contributed by atoms with E-state index in [4.69, 9.17) is 12.2 Å². The van der Waals surface area contributed by atoms with E-state index in [1.165, 1.54) is 11.1 Å². The lowest BCUT2D eigenvalue weighted by atomic mass is 10.0. The lowest BCUT2D eigenvalue weighted by molar-refractivity contribution is 0.869. The largest absolute Gasteiger partial charge is 0.332 e. The number of anilines is 2. The Kier molecular flexibility index (Phi) is 6.20. The van der Waals surface area contributed by atoms with Gasteiger partial charge in [-0.2, -0.15) is 0 Å². The summed E-state index contributed by atoms with van der Waals surface area (Å²) in [6, 6.07) is 22.1. The normalized spacial score (nSPS) is 11.1. The van der Waals surface area contributed by atoms with Crippen molar-refractivity contribution in [1.82, 2.24) is 24.7 Å². The molecule has 174 valence electrons. The standard InChI is InChI=1S/C27H25N7S/c1-17(2)22-6-4-5-7-23(22)32-27(35)30-20-14-19-10-13-24(31-25(19)28-15-20)26-29-16-34(33-26)21-11-8-18(3)9-12-21/h4-17H,1-3H3,(H2,30,32,35). The number of aromatic nitrogens is 5. The minimum Gasteiger partial charge on any atom is -0.332 e. The van der Waals surface area contributed by atoms with E-state index in [-0.39, 0.29) is 0 Å². The van der Waals surface area contributed by atoms with E-state index >= 15 is 0 Å². The Labute approximate surface area is 209 Å². The molecule has 0 bridgehead atoms. The predicted molar refractivity (Wildman–Crippen MR) is 145 cm³/mol. The summed E-state index contributed by atoms with van der Waals surface area (Å²) in [6.07, 6.45) is 3.41. The average Bonchev–Trinajstić information content (AvgIpc) is 3.34. The van der Waals surface area contributed by atoms with Gasteiger partial charge in [-0.1, -0.05) is 49.7 Å². The summed E-state index contributed by atoms with van der Waals surface area (Å²) in [7, 11) is 0. The Morgan fingerprint density at radius 3 is 2.54 bits per heavy atom. The van der Waals surface area contributed by atoms with Crippen molar-refractivity contribution in [1.29, 1.82) is 0 Å². The van der Waals surface area contributed by atoms with Crippen molar-refractivity contribution >= 4 is 39.7 Å². The smallest absolute Gasteiger partial charge is 0.200 e. The van der Waals surface area contributed by atoms with Crippen LogP contribution >= 0.6 is 12.2 Å². The van der Waals surface area contributed by atoms with Crippen LogP contribution in [0.15, 0.2) is 79.3 Å². The van der Waals surface area contributed by atoms with E-state index in [1.807, 2.05) is 60.7 Å². The second kappa shape index (κ2) is 9.60. The summed E-state index contributed by atoms with van der Waals surface area (Å²) in [5.74, 6) is 0.938. The second-order valence-corrected chi connectivity index (χ2v) is 9.04. The second-order valence-electron chi connectivity index (χ2n) is 8.64. The van der Waals surface area contributed by atoms with Crippen LogP contribution in [0.2, 0.25) is 0 Å². The highest BCUT2D eigenvalue weighted by Gasteiger charge is 2.11. The number of hydrogen-bond donors (Lipinski definition) is 2. The van der Waals surface area contributed by atoms with Gasteiger partial charge in [0, 0.05) is 11.1 Å². The molecule has 2 N–H and O–H groups in total. The Balaban J connectivity index is 1.32. The third-order valence-corrected chi connectivity index (χ3v) is 5.85. The van der Waals surface area contributed by atoms with Crippen LogP contribution in [0.1, 0.15) is 30.9 Å². The fraction of sp³-hybridized carbons (Fsp3) is 0.148. The molecule has 5 rings (SSSR count). The first kappa shape index (κ1) is 22.6. The van der Waals surface area contributed by atoms with Gasteiger partial charge in [-0.3, -0.25) is 0 Å². The van der Waals surface area contributed by atoms with Gasteiger partial charge in [-0.15, -0.1) is 5.10 Å². The lowest BCUT2D eigenvalue weighted by Crippen LogP contribution is -2.20. The Morgan fingerprint density at radius 2 is 1.74 bits per heavy atom. The van der Waals surface area contributed by atoms with E-state index in [0.29, 0.717) is 28.2 Å². The van der Waals surface area contributed by atoms with E-state index in [2.05, 4.69) is 57.5 Å². The number of fused-ring (bicyclic) bond motifs is 1. The molecule has 0 amide bonds. The average molecular weight is 480 g/mol. The van der Waals surface area contributed by atoms with Crippen molar-refractivity contribution in [2.45, 2.75) is 26.7 Å². The van der Waals surface area contributed by atoms with Gasteiger partial charge in [0.2, 0.25) is 0 Å². The maximum atomic E-state index is 5.54. The van der Waals surface area contributed by atoms with Gasteiger partial charge in [-0.05, 0) is 67.0 Å². The fourth-order valence-corrected chi connectivity index (χ4v) is 4.03. The number of aryl methyl sites for hydroxylation is 1. The van der Waals surface area contributed by atoms with Crippen molar-refractivity contribution < 1.29 is 0 Å². The summed E-state index contributed by atoms with van der Waals surface area (Å²) in [6.45, 7) is 6.38. The number of rotatable bonds is 5. The van der Waals surface area contributed by atoms with Crippen LogP contribution in [-0.2, 0) is 0 Å². The highest BCUT2D eigenvalue weighted by Crippen LogP contribution is 2.24. The third-order valence-electron chi connectivity index (χ3n) is 5.65. The molecule has 0 saturated heterocycles. The molecule has 0 spiro atoms. The number of thiocarbonyl (C=S) groups is 1. The molecule has 5 aromatic rings. The van der Waals surface area contributed by atoms with Crippen LogP contribution in [0.3, 0.4) is 0 Å². The summed E-state index contributed by atoms with van der Waals surface area (Å²) in [5, 5.41) is 12.5. The molecule has 0 unspecified atom stereocenters. The van der Waals surface area contributed by atoms with Gasteiger partial charge in [0.05, 0.1) is 17.6 Å². The first-order valence-electron chi connectivity index (χ1n) is 11.4. The van der Waals surface area contributed by atoms with Crippen LogP contribution in [0, 0.1) is 6.92 Å². The number of nitrogens with one attached hydrogen (secondary N) is 2. The first-order chi connectivity index (χ1) is 17.0. The van der Waals surface area contributed by atoms with Gasteiger partial charge in [0.15, 0.2) is 16.6 Å². The van der Waals surface area contributed by atoms with Gasteiger partial charge in [-0.25, -0.2) is 19.6 Å². The number of benzene rings is 2. The van der Waals surface area contributed by atoms with Crippen LogP contribution in [0.4, 0.5) is 11.4 Å². The molecule has 3 heterocycles. The van der Waals surface area contributed by atoms with E-state index in [1.54, 1.807) is 17.2 Å². The summed E-state index contributed by atoms with van der Waals surface area (Å²) in [5.41, 5.74) is 6.42. The predicted octanol–water partition coefficient (Wildman–Crippen LogP) is 6.12. The molecule has 7 nitrogen and oxygen atoms in total. The first-order valence-corrected chi connectivity index (χ1v) is 11.8. The molecule has 2 aromatic carbocycles. The molecule has 0 fully saturated rings. The highest BCUT2D eigenvalue weighted by molar-refractivity contribution is 7.80. The Bertz CT molecular complexity index is 1510. The maximum absolute atomic E-state index is 5.54. The molecule has 8 heteroatoms. The third kappa shape index (κ3) is 5.02. The fourth-order valence-electron chi connectivity index (χ4n) is 3.80. The van der Waals surface area contributed by atoms with Crippen molar-refractivity contribution in [2.75, 3.05) is 10.6 Å². The van der Waals surface area contributed by atoms with Crippen molar-refractivity contribution in [3.8, 4) is 17.2 Å².